The molecule has 0 unspecified atom stereocenters. The summed E-state index contributed by atoms with van der Waals surface area (Å²) in [6.07, 6.45) is 5.44. The number of allylic oxidation sites excluding steroid dienone is 1. The number of hydrogen-bond donors (Lipinski definition) is 1. The third-order valence-electron chi connectivity index (χ3n) is 4.87. The van der Waals surface area contributed by atoms with Gasteiger partial charge in [0, 0.05) is 30.2 Å². The van der Waals surface area contributed by atoms with E-state index < -0.39 is 0 Å². The number of anilines is 2. The Hall–Kier alpha value is -2.69. The topological polar surface area (TPSA) is 53.4 Å². The van der Waals surface area contributed by atoms with Gasteiger partial charge in [-0.15, -0.1) is 0 Å². The fourth-order valence-electron chi connectivity index (χ4n) is 3.50. The third-order valence-corrected chi connectivity index (χ3v) is 4.87. The van der Waals surface area contributed by atoms with Gasteiger partial charge in [-0.05, 0) is 82.4 Å². The average molecular weight is 364 g/mol. The van der Waals surface area contributed by atoms with Crippen molar-refractivity contribution >= 4 is 23.4 Å². The Morgan fingerprint density at radius 3 is 2.33 bits per heavy atom. The lowest BCUT2D eigenvalue weighted by Crippen LogP contribution is -2.21. The van der Waals surface area contributed by atoms with Crippen LogP contribution in [-0.2, 0) is 0 Å². The molecule has 0 aliphatic heterocycles. The zero-order valence-corrected chi connectivity index (χ0v) is 16.8. The van der Waals surface area contributed by atoms with E-state index in [4.69, 9.17) is 0 Å². The van der Waals surface area contributed by atoms with Gasteiger partial charge in [-0.2, -0.15) is 5.10 Å². The van der Waals surface area contributed by atoms with Gasteiger partial charge in [-0.25, -0.2) is 15.4 Å². The molecule has 0 amide bonds. The van der Waals surface area contributed by atoms with E-state index in [9.17, 15) is 0 Å². The monoisotopic (exact) mass is 363 g/mol. The molecule has 0 saturated heterocycles. The molecular weight excluding hydrogens is 334 g/mol. The number of rotatable bonds is 6. The van der Waals surface area contributed by atoms with E-state index in [2.05, 4.69) is 69.6 Å². The molecule has 142 valence electrons. The molecule has 1 fully saturated rings. The van der Waals surface area contributed by atoms with E-state index >= 15 is 0 Å². The Bertz CT molecular complexity index is 812. The van der Waals surface area contributed by atoms with Gasteiger partial charge in [0.25, 0.3) is 0 Å². The van der Waals surface area contributed by atoms with Crippen LogP contribution < -0.4 is 10.3 Å². The van der Waals surface area contributed by atoms with Crippen molar-refractivity contribution in [3.8, 4) is 0 Å². The first kappa shape index (κ1) is 19.1. The van der Waals surface area contributed by atoms with Crippen molar-refractivity contribution in [2.75, 3.05) is 23.4 Å². The predicted molar refractivity (Wildman–Crippen MR) is 114 cm³/mol. The first-order chi connectivity index (χ1) is 13.1. The number of aromatic nitrogens is 2. The fourth-order valence-corrected chi connectivity index (χ4v) is 3.50. The Kier molecular flexibility index (Phi) is 6.22. The first-order valence-electron chi connectivity index (χ1n) is 9.80. The van der Waals surface area contributed by atoms with Crippen molar-refractivity contribution < 1.29 is 0 Å². The van der Waals surface area contributed by atoms with Gasteiger partial charge in [0.15, 0.2) is 0 Å². The molecule has 0 radical (unpaired) electrons. The van der Waals surface area contributed by atoms with Crippen LogP contribution in [0.1, 0.15) is 50.1 Å². The van der Waals surface area contributed by atoms with Crippen LogP contribution in [-0.4, -0.2) is 28.8 Å². The highest BCUT2D eigenvalue weighted by molar-refractivity contribution is 6.05. The maximum Gasteiger partial charge on any atom is 0.243 e. The average Bonchev–Trinajstić information content (AvgIpc) is 3.08. The van der Waals surface area contributed by atoms with E-state index in [-0.39, 0.29) is 0 Å². The fraction of sp³-hybridized carbons (Fsp3) is 0.409. The largest absolute Gasteiger partial charge is 0.372 e. The minimum absolute atomic E-state index is 0.565. The molecule has 0 atom stereocenters. The number of nitrogens with zero attached hydrogens (tertiary/aromatic N) is 4. The van der Waals surface area contributed by atoms with Crippen LogP contribution in [0.25, 0.3) is 6.08 Å². The summed E-state index contributed by atoms with van der Waals surface area (Å²) < 4.78 is 0. The summed E-state index contributed by atoms with van der Waals surface area (Å²) in [5.74, 6) is 0.565. The second-order valence-electron chi connectivity index (χ2n) is 6.93. The number of aryl methyl sites for hydroxylation is 2. The Labute approximate surface area is 162 Å². The van der Waals surface area contributed by atoms with Crippen molar-refractivity contribution in [2.45, 2.75) is 47.0 Å². The summed E-state index contributed by atoms with van der Waals surface area (Å²) in [6.45, 7) is 10.4. The zero-order valence-electron chi connectivity index (χ0n) is 16.8. The van der Waals surface area contributed by atoms with Gasteiger partial charge in [-0.1, -0.05) is 12.1 Å². The highest BCUT2D eigenvalue weighted by atomic mass is 15.4. The highest BCUT2D eigenvalue weighted by Gasteiger charge is 2.15. The first-order valence-corrected chi connectivity index (χ1v) is 9.80. The lowest BCUT2D eigenvalue weighted by Gasteiger charge is -2.20. The van der Waals surface area contributed by atoms with Gasteiger partial charge >= 0.3 is 0 Å². The molecule has 1 aliphatic carbocycles. The summed E-state index contributed by atoms with van der Waals surface area (Å²) in [5, 5.41) is 4.59. The molecule has 1 N–H and O–H groups in total. The van der Waals surface area contributed by atoms with E-state index in [1.54, 1.807) is 0 Å². The van der Waals surface area contributed by atoms with Crippen LogP contribution in [0.3, 0.4) is 0 Å². The summed E-state index contributed by atoms with van der Waals surface area (Å²) in [5.41, 5.74) is 9.82. The third kappa shape index (κ3) is 4.94. The van der Waals surface area contributed by atoms with Crippen LogP contribution >= 0.6 is 0 Å². The zero-order chi connectivity index (χ0) is 19.2. The number of nitrogens with one attached hydrogen (secondary N) is 1. The van der Waals surface area contributed by atoms with Crippen LogP contribution in [0.15, 0.2) is 41.0 Å². The molecule has 27 heavy (non-hydrogen) atoms. The number of hydrogen-bond acceptors (Lipinski definition) is 5. The lowest BCUT2D eigenvalue weighted by molar-refractivity contribution is 0.866. The quantitative estimate of drug-likeness (QED) is 0.736. The van der Waals surface area contributed by atoms with E-state index in [1.807, 2.05) is 19.9 Å². The minimum atomic E-state index is 0.565. The second-order valence-corrected chi connectivity index (χ2v) is 6.93. The summed E-state index contributed by atoms with van der Waals surface area (Å²) in [6, 6.07) is 10.7. The van der Waals surface area contributed by atoms with E-state index in [0.29, 0.717) is 5.95 Å². The van der Waals surface area contributed by atoms with Gasteiger partial charge in [0.1, 0.15) is 0 Å². The minimum Gasteiger partial charge on any atom is -0.372 e. The normalized spacial score (nSPS) is 16.9. The van der Waals surface area contributed by atoms with Crippen molar-refractivity contribution in [2.24, 2.45) is 5.10 Å². The van der Waals surface area contributed by atoms with Crippen LogP contribution in [0.4, 0.5) is 11.6 Å². The lowest BCUT2D eigenvalue weighted by atomic mass is 10.1. The Balaban J connectivity index is 1.75. The van der Waals surface area contributed by atoms with Crippen molar-refractivity contribution in [3.05, 3.63) is 52.9 Å². The van der Waals surface area contributed by atoms with Gasteiger partial charge in [0.05, 0.1) is 5.71 Å². The summed E-state index contributed by atoms with van der Waals surface area (Å²) >= 11 is 0. The van der Waals surface area contributed by atoms with E-state index in [1.165, 1.54) is 16.8 Å². The van der Waals surface area contributed by atoms with Crippen LogP contribution in [0, 0.1) is 13.8 Å². The highest BCUT2D eigenvalue weighted by Crippen LogP contribution is 2.25. The maximum absolute atomic E-state index is 4.59. The number of benzene rings is 1. The molecule has 1 saturated carbocycles. The van der Waals surface area contributed by atoms with E-state index in [0.717, 1.165) is 49.5 Å². The van der Waals surface area contributed by atoms with Crippen LogP contribution in [0.5, 0.6) is 0 Å². The maximum atomic E-state index is 4.59. The Morgan fingerprint density at radius 1 is 1.04 bits per heavy atom. The van der Waals surface area contributed by atoms with Gasteiger partial charge < -0.3 is 4.90 Å². The molecule has 5 nitrogen and oxygen atoms in total. The van der Waals surface area contributed by atoms with Crippen molar-refractivity contribution in [1.82, 2.24) is 9.97 Å². The SMILES string of the molecule is CCN(CC)c1ccc(/C=C2/CCC/C2=N\Nc2nc(C)cc(C)n2)cc1. The molecule has 1 heterocycles. The van der Waals surface area contributed by atoms with Crippen LogP contribution in [0.2, 0.25) is 0 Å². The molecule has 0 spiro atoms. The Morgan fingerprint density at radius 2 is 1.70 bits per heavy atom. The smallest absolute Gasteiger partial charge is 0.243 e. The summed E-state index contributed by atoms with van der Waals surface area (Å²) in [7, 11) is 0. The summed E-state index contributed by atoms with van der Waals surface area (Å²) in [4.78, 5) is 11.1. The van der Waals surface area contributed by atoms with Crippen molar-refractivity contribution in [1.29, 1.82) is 0 Å². The number of hydrazone groups is 1. The molecule has 1 aliphatic rings. The molecule has 0 bridgehead atoms. The van der Waals surface area contributed by atoms with Gasteiger partial charge in [-0.3, -0.25) is 0 Å². The van der Waals surface area contributed by atoms with Gasteiger partial charge in [0.2, 0.25) is 5.95 Å². The predicted octanol–water partition coefficient (Wildman–Crippen LogP) is 4.98. The molecule has 2 aromatic rings. The molecule has 1 aromatic carbocycles. The molecule has 1 aromatic heterocycles. The second kappa shape index (κ2) is 8.80. The van der Waals surface area contributed by atoms with Crippen molar-refractivity contribution in [3.63, 3.8) is 0 Å². The standard InChI is InChI=1S/C22H29N5/c1-5-27(6-2)20-12-10-18(11-13-20)15-19-8-7-9-21(19)25-26-22-23-16(3)14-17(4)24-22/h10-15H,5-9H2,1-4H3,(H,23,24,26)/b19-15-,25-21+. The molecule has 3 rings (SSSR count). The molecule has 5 heteroatoms. The molecular formula is C22H29N5.